The number of amides is 2. The van der Waals surface area contributed by atoms with Crippen molar-refractivity contribution in [3.05, 3.63) is 17.8 Å². The number of hydrogen-bond acceptors (Lipinski definition) is 6. The molecule has 3 heterocycles. The lowest BCUT2D eigenvalue weighted by Gasteiger charge is -2.33. The molecular weight excluding hydrogens is 308 g/mol. The number of aromatic nitrogens is 2. The number of nitrogens with one attached hydrogen (secondary N) is 1. The number of carbonyl (C=O) groups excluding carboxylic acids is 2. The topological polar surface area (TPSA) is 90.8 Å². The lowest BCUT2D eigenvalue weighted by atomic mass is 10.0. The lowest BCUT2D eigenvalue weighted by molar-refractivity contribution is -0.130. The zero-order chi connectivity index (χ0) is 17.1. The largest absolute Gasteiger partial charge is 0.366 e. The molecule has 0 saturated carbocycles. The van der Waals surface area contributed by atoms with E-state index in [1.54, 1.807) is 7.05 Å². The molecule has 0 aromatic carbocycles. The molecule has 1 N–H and O–H groups in total. The van der Waals surface area contributed by atoms with Gasteiger partial charge in [0, 0.05) is 39.0 Å². The molecule has 8 heteroatoms. The first-order valence-corrected chi connectivity index (χ1v) is 8.23. The molecule has 0 radical (unpaired) electrons. The van der Waals surface area contributed by atoms with Crippen LogP contribution in [0.2, 0.25) is 0 Å². The number of piperidine rings is 1. The number of anilines is 1. The Morgan fingerprint density at radius 2 is 1.96 bits per heavy atom. The van der Waals surface area contributed by atoms with Crippen LogP contribution < -0.4 is 5.32 Å². The maximum Gasteiger partial charge on any atom is 0.270 e. The fourth-order valence-corrected chi connectivity index (χ4v) is 2.92. The molecule has 2 aliphatic rings. The summed E-state index contributed by atoms with van der Waals surface area (Å²) in [5, 5.41) is 16.9. The highest BCUT2D eigenvalue weighted by molar-refractivity contribution is 6.39. The van der Waals surface area contributed by atoms with Crippen LogP contribution in [0, 0.1) is 6.92 Å². The molecular formula is C16H22N6O2. The predicted molar refractivity (Wildman–Crippen MR) is 89.4 cm³/mol. The number of hydrogen-bond donors (Lipinski definition) is 1. The molecule has 1 aromatic heterocycles. The average molecular weight is 330 g/mol. The summed E-state index contributed by atoms with van der Waals surface area (Å²) in [4.78, 5) is 25.8. The molecule has 0 unspecified atom stereocenters. The Bertz CT molecular complexity index is 649. The third-order valence-electron chi connectivity index (χ3n) is 4.39. The fourth-order valence-electron chi connectivity index (χ4n) is 2.92. The minimum Gasteiger partial charge on any atom is -0.366 e. The zero-order valence-corrected chi connectivity index (χ0v) is 14.0. The van der Waals surface area contributed by atoms with Gasteiger partial charge in [-0.25, -0.2) is 5.01 Å². The van der Waals surface area contributed by atoms with Gasteiger partial charge in [-0.1, -0.05) is 0 Å². The van der Waals surface area contributed by atoms with Crippen LogP contribution in [0.4, 0.5) is 5.82 Å². The molecule has 1 aromatic rings. The van der Waals surface area contributed by atoms with E-state index in [4.69, 9.17) is 0 Å². The van der Waals surface area contributed by atoms with E-state index in [0.29, 0.717) is 31.6 Å². The third kappa shape index (κ3) is 3.69. The Balaban J connectivity index is 1.53. The van der Waals surface area contributed by atoms with Crippen LogP contribution in [0.3, 0.4) is 0 Å². The van der Waals surface area contributed by atoms with Gasteiger partial charge in [-0.2, -0.15) is 10.2 Å². The zero-order valence-electron chi connectivity index (χ0n) is 14.0. The van der Waals surface area contributed by atoms with Crippen LogP contribution in [0.5, 0.6) is 0 Å². The quantitative estimate of drug-likeness (QED) is 0.885. The Hall–Kier alpha value is -2.51. The van der Waals surface area contributed by atoms with Gasteiger partial charge in [0.05, 0.1) is 5.69 Å². The molecule has 2 aliphatic heterocycles. The first-order chi connectivity index (χ1) is 11.5. The van der Waals surface area contributed by atoms with Crippen molar-refractivity contribution in [1.82, 2.24) is 20.1 Å². The number of likely N-dealkylation sites (tertiary alicyclic amines) is 1. The first kappa shape index (κ1) is 16.4. The SMILES string of the molecule is Cc1ccc(NC2CCN(C(=O)C3=NN(C)C(=O)CC3)CC2)nn1. The summed E-state index contributed by atoms with van der Waals surface area (Å²) >= 11 is 0. The van der Waals surface area contributed by atoms with E-state index in [-0.39, 0.29) is 17.9 Å². The van der Waals surface area contributed by atoms with Gasteiger partial charge in [0.25, 0.3) is 5.91 Å². The van der Waals surface area contributed by atoms with Crippen LogP contribution in [0.15, 0.2) is 17.2 Å². The summed E-state index contributed by atoms with van der Waals surface area (Å²) in [6, 6.07) is 4.12. The number of rotatable bonds is 3. The minimum atomic E-state index is -0.0528. The Morgan fingerprint density at radius 1 is 1.21 bits per heavy atom. The maximum absolute atomic E-state index is 12.5. The van der Waals surface area contributed by atoms with Crippen LogP contribution in [0.1, 0.15) is 31.4 Å². The van der Waals surface area contributed by atoms with Crippen molar-refractivity contribution < 1.29 is 9.59 Å². The molecule has 0 aliphatic carbocycles. The van der Waals surface area contributed by atoms with Crippen molar-refractivity contribution in [3.8, 4) is 0 Å². The molecule has 0 atom stereocenters. The standard InChI is InChI=1S/C16H22N6O2/c1-11-3-5-14(19-18-11)17-12-7-9-22(10-8-12)16(24)13-4-6-15(23)21(2)20-13/h3,5,12H,4,6-10H2,1-2H3,(H,17,19). The van der Waals surface area contributed by atoms with Gasteiger partial charge >= 0.3 is 0 Å². The van der Waals surface area contributed by atoms with Gasteiger partial charge in [0.2, 0.25) is 5.91 Å². The molecule has 3 rings (SSSR count). The Morgan fingerprint density at radius 3 is 2.58 bits per heavy atom. The highest BCUT2D eigenvalue weighted by atomic mass is 16.2. The van der Waals surface area contributed by atoms with Crippen LogP contribution in [-0.4, -0.2) is 63.8 Å². The van der Waals surface area contributed by atoms with Gasteiger partial charge in [-0.05, 0) is 31.9 Å². The van der Waals surface area contributed by atoms with Crippen molar-refractivity contribution >= 4 is 23.3 Å². The predicted octanol–water partition coefficient (Wildman–Crippen LogP) is 0.796. The molecule has 128 valence electrons. The van der Waals surface area contributed by atoms with E-state index in [2.05, 4.69) is 20.6 Å². The van der Waals surface area contributed by atoms with Gasteiger partial charge in [-0.15, -0.1) is 5.10 Å². The second-order valence-corrected chi connectivity index (χ2v) is 6.23. The summed E-state index contributed by atoms with van der Waals surface area (Å²) in [5.41, 5.74) is 1.37. The van der Waals surface area contributed by atoms with E-state index in [9.17, 15) is 9.59 Å². The van der Waals surface area contributed by atoms with Gasteiger partial charge < -0.3 is 10.2 Å². The summed E-state index contributed by atoms with van der Waals surface area (Å²) in [7, 11) is 1.59. The molecule has 24 heavy (non-hydrogen) atoms. The van der Waals surface area contributed by atoms with Crippen molar-refractivity contribution in [3.63, 3.8) is 0 Å². The normalized spacial score (nSPS) is 19.2. The summed E-state index contributed by atoms with van der Waals surface area (Å²) in [6.45, 7) is 3.25. The van der Waals surface area contributed by atoms with Gasteiger partial charge in [-0.3, -0.25) is 9.59 Å². The molecule has 1 fully saturated rings. The van der Waals surface area contributed by atoms with Crippen LogP contribution >= 0.6 is 0 Å². The van der Waals surface area contributed by atoms with Gasteiger partial charge in [0.1, 0.15) is 11.5 Å². The number of hydrazone groups is 1. The highest BCUT2D eigenvalue weighted by Gasteiger charge is 2.29. The van der Waals surface area contributed by atoms with E-state index in [1.807, 2.05) is 24.0 Å². The van der Waals surface area contributed by atoms with Crippen LogP contribution in [-0.2, 0) is 9.59 Å². The Labute approximate surface area is 140 Å². The molecule has 2 amide bonds. The third-order valence-corrected chi connectivity index (χ3v) is 4.39. The van der Waals surface area contributed by atoms with Crippen LogP contribution in [0.25, 0.3) is 0 Å². The summed E-state index contributed by atoms with van der Waals surface area (Å²) in [5.74, 6) is 0.666. The van der Waals surface area contributed by atoms with E-state index in [1.165, 1.54) is 5.01 Å². The molecule has 0 bridgehead atoms. The number of aryl methyl sites for hydroxylation is 1. The molecule has 0 spiro atoms. The average Bonchev–Trinajstić information content (AvgIpc) is 2.59. The monoisotopic (exact) mass is 330 g/mol. The fraction of sp³-hybridized carbons (Fsp3) is 0.562. The summed E-state index contributed by atoms with van der Waals surface area (Å²) in [6.07, 6.45) is 2.48. The van der Waals surface area contributed by atoms with E-state index < -0.39 is 0 Å². The van der Waals surface area contributed by atoms with Crippen molar-refractivity contribution in [2.45, 2.75) is 38.6 Å². The minimum absolute atomic E-state index is 0.0475. The van der Waals surface area contributed by atoms with E-state index >= 15 is 0 Å². The number of carbonyl (C=O) groups is 2. The van der Waals surface area contributed by atoms with E-state index in [0.717, 1.165) is 24.4 Å². The Kier molecular flexibility index (Phi) is 4.73. The second kappa shape index (κ2) is 6.94. The lowest BCUT2D eigenvalue weighted by Crippen LogP contribution is -2.46. The van der Waals surface area contributed by atoms with Gasteiger partial charge in [0.15, 0.2) is 0 Å². The first-order valence-electron chi connectivity index (χ1n) is 8.23. The smallest absolute Gasteiger partial charge is 0.270 e. The van der Waals surface area contributed by atoms with Crippen molar-refractivity contribution in [2.24, 2.45) is 5.10 Å². The maximum atomic E-state index is 12.5. The number of nitrogens with zero attached hydrogens (tertiary/aromatic N) is 5. The summed E-state index contributed by atoms with van der Waals surface area (Å²) < 4.78 is 0. The second-order valence-electron chi connectivity index (χ2n) is 6.23. The molecule has 1 saturated heterocycles. The molecule has 8 nitrogen and oxygen atoms in total. The highest BCUT2D eigenvalue weighted by Crippen LogP contribution is 2.17. The van der Waals surface area contributed by atoms with Crippen molar-refractivity contribution in [1.29, 1.82) is 0 Å². The van der Waals surface area contributed by atoms with Crippen molar-refractivity contribution in [2.75, 3.05) is 25.5 Å².